The lowest BCUT2D eigenvalue weighted by molar-refractivity contribution is 0.0341. The van der Waals surface area contributed by atoms with Crippen molar-refractivity contribution in [2.45, 2.75) is 57.7 Å². The number of benzene rings is 1. The third-order valence-corrected chi connectivity index (χ3v) is 7.68. The van der Waals surface area contributed by atoms with E-state index in [4.69, 9.17) is 14.8 Å². The zero-order chi connectivity index (χ0) is 25.5. The fraction of sp³-hybridized carbons (Fsp3) is 0.429. The van der Waals surface area contributed by atoms with Gasteiger partial charge in [0.15, 0.2) is 5.82 Å². The third kappa shape index (κ3) is 4.31. The predicted octanol–water partition coefficient (Wildman–Crippen LogP) is 4.88. The van der Waals surface area contributed by atoms with Crippen molar-refractivity contribution in [3.05, 3.63) is 52.9 Å². The summed E-state index contributed by atoms with van der Waals surface area (Å²) in [6.45, 7) is 5.75. The van der Waals surface area contributed by atoms with Crippen molar-refractivity contribution in [2.24, 2.45) is 5.92 Å². The van der Waals surface area contributed by atoms with Crippen molar-refractivity contribution in [2.75, 3.05) is 23.4 Å². The van der Waals surface area contributed by atoms with E-state index in [2.05, 4.69) is 47.3 Å². The molecule has 1 aliphatic carbocycles. The molecule has 6 rings (SSSR count). The molecule has 1 aromatic carbocycles. The molecule has 1 saturated carbocycles. The van der Waals surface area contributed by atoms with Gasteiger partial charge in [-0.2, -0.15) is 10.4 Å². The molecule has 0 unspecified atom stereocenters. The highest BCUT2D eigenvalue weighted by Gasteiger charge is 2.30. The quantitative estimate of drug-likeness (QED) is 0.413. The standard InChI is InChI=1S/C28H31N7O2/c1-17-16-37-18(2)15-34(17)25-10-7-19-13-21(8-9-22(19)32-25)31-27-26-24(11-12-30-28(26)36)35(33-27)23-6-4-3-5-20(23)14-29/h7-13,17-18,20,23H,3-6,15-16H2,1-2H3,(H,30,36)(H,31,33)/t17-,18-,20-,23+/m1/s1. The number of H-pyrrole nitrogens is 1. The van der Waals surface area contributed by atoms with Crippen molar-refractivity contribution in [3.8, 4) is 6.07 Å². The first-order valence-corrected chi connectivity index (χ1v) is 13.1. The maximum absolute atomic E-state index is 12.8. The van der Waals surface area contributed by atoms with E-state index in [1.165, 1.54) is 0 Å². The summed E-state index contributed by atoms with van der Waals surface area (Å²) in [4.78, 5) is 22.8. The van der Waals surface area contributed by atoms with Crippen LogP contribution < -0.4 is 15.8 Å². The molecule has 0 bridgehead atoms. The van der Waals surface area contributed by atoms with Crippen LogP contribution in [0.4, 0.5) is 17.3 Å². The van der Waals surface area contributed by atoms with Gasteiger partial charge in [0.25, 0.3) is 5.56 Å². The highest BCUT2D eigenvalue weighted by Crippen LogP contribution is 2.37. The van der Waals surface area contributed by atoms with Gasteiger partial charge in [0.1, 0.15) is 11.2 Å². The average Bonchev–Trinajstić information content (AvgIpc) is 3.29. The molecule has 3 aromatic heterocycles. The van der Waals surface area contributed by atoms with Crippen molar-refractivity contribution < 1.29 is 4.74 Å². The van der Waals surface area contributed by atoms with Crippen LogP contribution in [0.2, 0.25) is 0 Å². The summed E-state index contributed by atoms with van der Waals surface area (Å²) in [5, 5.41) is 19.4. The molecule has 4 aromatic rings. The number of aromatic amines is 1. The number of aromatic nitrogens is 4. The molecule has 1 saturated heterocycles. The molecule has 4 atom stereocenters. The Morgan fingerprint density at radius 1 is 1.16 bits per heavy atom. The summed E-state index contributed by atoms with van der Waals surface area (Å²) >= 11 is 0. The molecule has 1 aliphatic heterocycles. The summed E-state index contributed by atoms with van der Waals surface area (Å²) in [6, 6.07) is 14.7. The highest BCUT2D eigenvalue weighted by atomic mass is 16.5. The van der Waals surface area contributed by atoms with Gasteiger partial charge in [-0.3, -0.25) is 9.48 Å². The van der Waals surface area contributed by atoms with E-state index in [0.29, 0.717) is 17.8 Å². The van der Waals surface area contributed by atoms with Gasteiger partial charge in [0.05, 0.1) is 47.8 Å². The molecular formula is C28H31N7O2. The van der Waals surface area contributed by atoms with E-state index >= 15 is 0 Å². The Bertz CT molecular complexity index is 1550. The Morgan fingerprint density at radius 3 is 2.89 bits per heavy atom. The van der Waals surface area contributed by atoms with Crippen molar-refractivity contribution in [1.82, 2.24) is 19.7 Å². The molecule has 2 N–H and O–H groups in total. The number of anilines is 3. The monoisotopic (exact) mass is 497 g/mol. The SMILES string of the molecule is C[C@@H]1CN(c2ccc3cc(Nc4nn([C@H]5CCCC[C@@H]5C#N)c5cc[nH]c(=O)c45)ccc3n2)[C@H](C)CO1. The number of morpholine rings is 1. The lowest BCUT2D eigenvalue weighted by Gasteiger charge is -2.37. The maximum atomic E-state index is 12.8. The number of hydrogen-bond acceptors (Lipinski definition) is 7. The normalized spacial score (nSPS) is 24.3. The topological polar surface area (TPSA) is 112 Å². The molecule has 0 amide bonds. The highest BCUT2D eigenvalue weighted by molar-refractivity contribution is 5.92. The smallest absolute Gasteiger partial charge is 0.261 e. The first-order valence-electron chi connectivity index (χ1n) is 13.1. The van der Waals surface area contributed by atoms with Crippen molar-refractivity contribution >= 4 is 39.1 Å². The maximum Gasteiger partial charge on any atom is 0.261 e. The van der Waals surface area contributed by atoms with E-state index in [1.54, 1.807) is 6.20 Å². The van der Waals surface area contributed by atoms with Crippen LogP contribution in [0.5, 0.6) is 0 Å². The van der Waals surface area contributed by atoms with Crippen LogP contribution in [-0.4, -0.2) is 45.0 Å². The molecule has 0 radical (unpaired) electrons. The summed E-state index contributed by atoms with van der Waals surface area (Å²) in [5.41, 5.74) is 2.28. The van der Waals surface area contributed by atoms with Crippen LogP contribution in [0.1, 0.15) is 45.6 Å². The molecule has 2 aliphatic rings. The minimum atomic E-state index is -0.198. The summed E-state index contributed by atoms with van der Waals surface area (Å²) in [6.07, 6.45) is 5.66. The molecule has 9 heteroatoms. The Morgan fingerprint density at radius 2 is 2.03 bits per heavy atom. The summed E-state index contributed by atoms with van der Waals surface area (Å²) in [5.74, 6) is 1.34. The van der Waals surface area contributed by atoms with Crippen LogP contribution in [0.15, 0.2) is 47.4 Å². The Hall–Kier alpha value is -3.90. The number of fused-ring (bicyclic) bond motifs is 2. The molecule has 37 heavy (non-hydrogen) atoms. The van der Waals surface area contributed by atoms with Gasteiger partial charge in [-0.25, -0.2) is 4.98 Å². The number of nitrogens with one attached hydrogen (secondary N) is 2. The fourth-order valence-electron chi connectivity index (χ4n) is 5.71. The van der Waals surface area contributed by atoms with E-state index in [9.17, 15) is 10.1 Å². The Kier molecular flexibility index (Phi) is 6.05. The predicted molar refractivity (Wildman–Crippen MR) is 144 cm³/mol. The second kappa shape index (κ2) is 9.52. The first kappa shape index (κ1) is 23.5. The van der Waals surface area contributed by atoms with Crippen LogP contribution in [0, 0.1) is 17.2 Å². The molecular weight excluding hydrogens is 466 g/mol. The van der Waals surface area contributed by atoms with Gasteiger partial charge in [-0.15, -0.1) is 0 Å². The fourth-order valence-corrected chi connectivity index (χ4v) is 5.71. The van der Waals surface area contributed by atoms with Gasteiger partial charge in [-0.05, 0) is 63.1 Å². The zero-order valence-electron chi connectivity index (χ0n) is 21.1. The lowest BCUT2D eigenvalue weighted by atomic mass is 9.85. The molecule has 2 fully saturated rings. The second-order valence-electron chi connectivity index (χ2n) is 10.3. The first-order chi connectivity index (χ1) is 18.0. The average molecular weight is 498 g/mol. The van der Waals surface area contributed by atoms with Gasteiger partial charge in [0, 0.05) is 23.8 Å². The van der Waals surface area contributed by atoms with Crippen LogP contribution in [-0.2, 0) is 4.74 Å². The summed E-state index contributed by atoms with van der Waals surface area (Å²) < 4.78 is 7.66. The third-order valence-electron chi connectivity index (χ3n) is 7.68. The van der Waals surface area contributed by atoms with Crippen LogP contribution in [0.25, 0.3) is 21.8 Å². The number of rotatable bonds is 4. The van der Waals surface area contributed by atoms with Crippen molar-refractivity contribution in [1.29, 1.82) is 5.26 Å². The van der Waals surface area contributed by atoms with Gasteiger partial charge >= 0.3 is 0 Å². The van der Waals surface area contributed by atoms with Gasteiger partial charge in [-0.1, -0.05) is 12.8 Å². The largest absolute Gasteiger partial charge is 0.375 e. The number of nitrogens with zero attached hydrogens (tertiary/aromatic N) is 5. The Labute approximate surface area is 215 Å². The number of hydrogen-bond donors (Lipinski definition) is 2. The van der Waals surface area contributed by atoms with E-state index in [0.717, 1.165) is 60.2 Å². The van der Waals surface area contributed by atoms with Gasteiger partial charge < -0.3 is 19.9 Å². The molecule has 0 spiro atoms. The minimum absolute atomic E-state index is 0.0388. The Balaban J connectivity index is 1.34. The van der Waals surface area contributed by atoms with E-state index < -0.39 is 0 Å². The number of nitriles is 1. The van der Waals surface area contributed by atoms with Gasteiger partial charge in [0.2, 0.25) is 0 Å². The van der Waals surface area contributed by atoms with Crippen LogP contribution >= 0.6 is 0 Å². The lowest BCUT2D eigenvalue weighted by Crippen LogP contribution is -2.47. The minimum Gasteiger partial charge on any atom is -0.375 e. The van der Waals surface area contributed by atoms with Crippen molar-refractivity contribution in [3.63, 3.8) is 0 Å². The number of ether oxygens (including phenoxy) is 1. The molecule has 4 heterocycles. The second-order valence-corrected chi connectivity index (χ2v) is 10.3. The zero-order valence-corrected chi connectivity index (χ0v) is 21.1. The van der Waals surface area contributed by atoms with E-state index in [1.807, 2.05) is 28.9 Å². The summed E-state index contributed by atoms with van der Waals surface area (Å²) in [7, 11) is 0. The number of pyridine rings is 2. The molecule has 9 nitrogen and oxygen atoms in total. The molecule has 190 valence electrons. The van der Waals surface area contributed by atoms with E-state index in [-0.39, 0.29) is 29.7 Å². The van der Waals surface area contributed by atoms with Crippen LogP contribution in [0.3, 0.4) is 0 Å².